The van der Waals surface area contributed by atoms with E-state index < -0.39 is 12.6 Å². The highest BCUT2D eigenvalue weighted by Gasteiger charge is 2.41. The van der Waals surface area contributed by atoms with Gasteiger partial charge in [0.15, 0.2) is 0 Å². The normalized spacial score (nSPS) is 20.3. The van der Waals surface area contributed by atoms with Crippen molar-refractivity contribution in [1.82, 2.24) is 5.32 Å². The van der Waals surface area contributed by atoms with E-state index in [0.717, 1.165) is 12.8 Å². The Labute approximate surface area is 80.6 Å². The van der Waals surface area contributed by atoms with E-state index in [1.165, 1.54) is 0 Å². The fraction of sp³-hybridized carbons (Fsp3) is 1.00. The van der Waals surface area contributed by atoms with Crippen molar-refractivity contribution in [2.45, 2.75) is 25.4 Å². The van der Waals surface area contributed by atoms with Gasteiger partial charge < -0.3 is 5.32 Å². The van der Waals surface area contributed by atoms with Crippen LogP contribution in [0.2, 0.25) is 0 Å². The van der Waals surface area contributed by atoms with Crippen LogP contribution in [0.4, 0.5) is 13.2 Å². The molecular formula is C8H13ClF3N. The summed E-state index contributed by atoms with van der Waals surface area (Å²) in [4.78, 5) is 0. The maximum Gasteiger partial charge on any atom is 0.390 e. The van der Waals surface area contributed by atoms with Crippen LogP contribution in [-0.2, 0) is 0 Å². The van der Waals surface area contributed by atoms with E-state index in [0.29, 0.717) is 12.4 Å². The first-order valence-corrected chi connectivity index (χ1v) is 4.84. The van der Waals surface area contributed by atoms with Gasteiger partial charge in [0.2, 0.25) is 0 Å². The van der Waals surface area contributed by atoms with Crippen LogP contribution in [0.25, 0.3) is 0 Å². The Hall–Kier alpha value is 0.0400. The molecule has 0 aromatic carbocycles. The number of alkyl halides is 4. The van der Waals surface area contributed by atoms with Crippen LogP contribution in [0.1, 0.15) is 19.3 Å². The fourth-order valence-corrected chi connectivity index (χ4v) is 1.48. The third-order valence-corrected chi connectivity index (χ3v) is 2.89. The molecule has 1 aliphatic carbocycles. The highest BCUT2D eigenvalue weighted by Crippen LogP contribution is 2.45. The molecule has 0 radical (unpaired) electrons. The summed E-state index contributed by atoms with van der Waals surface area (Å²) in [6.45, 7) is 0.620. The number of hydrogen-bond donors (Lipinski definition) is 1. The molecule has 0 aliphatic heterocycles. The SMILES string of the molecule is FC(F)(F)CCNCC1(CCl)CC1. The fourth-order valence-electron chi connectivity index (χ4n) is 1.12. The summed E-state index contributed by atoms with van der Waals surface area (Å²) in [6.07, 6.45) is -2.74. The van der Waals surface area contributed by atoms with Crippen molar-refractivity contribution in [1.29, 1.82) is 0 Å². The zero-order valence-electron chi connectivity index (χ0n) is 7.25. The Morgan fingerprint density at radius 1 is 1.31 bits per heavy atom. The van der Waals surface area contributed by atoms with Gasteiger partial charge in [-0.25, -0.2) is 0 Å². The first-order chi connectivity index (χ1) is 5.97. The molecule has 0 atom stereocenters. The molecule has 0 saturated heterocycles. The standard InChI is InChI=1S/C8H13ClF3N/c9-5-7(1-2-7)6-13-4-3-8(10,11)12/h13H,1-6H2. The second-order valence-corrected chi connectivity index (χ2v) is 3.94. The Bertz CT molecular complexity index is 165. The predicted octanol–water partition coefficient (Wildman–Crippen LogP) is 2.55. The van der Waals surface area contributed by atoms with Crippen molar-refractivity contribution in [3.63, 3.8) is 0 Å². The minimum Gasteiger partial charge on any atom is -0.316 e. The van der Waals surface area contributed by atoms with Gasteiger partial charge in [-0.3, -0.25) is 0 Å². The Morgan fingerprint density at radius 2 is 1.92 bits per heavy atom. The van der Waals surface area contributed by atoms with Crippen molar-refractivity contribution in [2.24, 2.45) is 5.41 Å². The lowest BCUT2D eigenvalue weighted by Crippen LogP contribution is -2.28. The van der Waals surface area contributed by atoms with Crippen LogP contribution in [-0.4, -0.2) is 25.1 Å². The number of hydrogen-bond acceptors (Lipinski definition) is 1. The molecule has 13 heavy (non-hydrogen) atoms. The van der Waals surface area contributed by atoms with Crippen molar-refractivity contribution in [3.8, 4) is 0 Å². The minimum atomic E-state index is -4.05. The van der Waals surface area contributed by atoms with E-state index in [9.17, 15) is 13.2 Å². The topological polar surface area (TPSA) is 12.0 Å². The second-order valence-electron chi connectivity index (χ2n) is 3.68. The summed E-state index contributed by atoms with van der Waals surface area (Å²) in [5.74, 6) is 0.548. The van der Waals surface area contributed by atoms with Gasteiger partial charge in [-0.2, -0.15) is 13.2 Å². The lowest BCUT2D eigenvalue weighted by atomic mass is 10.1. The molecular weight excluding hydrogens is 203 g/mol. The van der Waals surface area contributed by atoms with Gasteiger partial charge in [-0.15, -0.1) is 11.6 Å². The summed E-state index contributed by atoms with van der Waals surface area (Å²) >= 11 is 5.66. The number of nitrogens with one attached hydrogen (secondary N) is 1. The van der Waals surface area contributed by atoms with Crippen LogP contribution in [0.5, 0.6) is 0 Å². The molecule has 0 bridgehead atoms. The first-order valence-electron chi connectivity index (χ1n) is 4.31. The minimum absolute atomic E-state index is 0.00212. The van der Waals surface area contributed by atoms with Crippen molar-refractivity contribution < 1.29 is 13.2 Å². The van der Waals surface area contributed by atoms with E-state index in [1.807, 2.05) is 0 Å². The zero-order valence-corrected chi connectivity index (χ0v) is 8.01. The lowest BCUT2D eigenvalue weighted by molar-refractivity contribution is -0.133. The van der Waals surface area contributed by atoms with Crippen LogP contribution in [0, 0.1) is 5.41 Å². The highest BCUT2D eigenvalue weighted by molar-refractivity contribution is 6.18. The van der Waals surface area contributed by atoms with Gasteiger partial charge in [0.05, 0.1) is 6.42 Å². The molecule has 0 amide bonds. The second kappa shape index (κ2) is 4.05. The van der Waals surface area contributed by atoms with Crippen LogP contribution >= 0.6 is 11.6 Å². The molecule has 1 nitrogen and oxygen atoms in total. The molecule has 1 N–H and O–H groups in total. The third-order valence-electron chi connectivity index (χ3n) is 2.33. The van der Waals surface area contributed by atoms with Crippen molar-refractivity contribution in [3.05, 3.63) is 0 Å². The van der Waals surface area contributed by atoms with E-state index >= 15 is 0 Å². The summed E-state index contributed by atoms with van der Waals surface area (Å²) < 4.78 is 35.1. The molecule has 0 spiro atoms. The first kappa shape index (κ1) is 11.1. The van der Waals surface area contributed by atoms with Crippen molar-refractivity contribution >= 4 is 11.6 Å². The molecule has 5 heteroatoms. The molecule has 1 aliphatic rings. The zero-order chi connectivity index (χ0) is 9.95. The average molecular weight is 216 g/mol. The monoisotopic (exact) mass is 215 g/mol. The lowest BCUT2D eigenvalue weighted by Gasteiger charge is -2.12. The Balaban J connectivity index is 2.02. The summed E-state index contributed by atoms with van der Waals surface area (Å²) in [7, 11) is 0. The number of halogens is 4. The molecule has 1 saturated carbocycles. The van der Waals surface area contributed by atoms with Gasteiger partial charge in [-0.1, -0.05) is 0 Å². The molecule has 0 aromatic heterocycles. The van der Waals surface area contributed by atoms with Gasteiger partial charge in [0.25, 0.3) is 0 Å². The largest absolute Gasteiger partial charge is 0.390 e. The predicted molar refractivity (Wildman–Crippen MR) is 45.9 cm³/mol. The third kappa shape index (κ3) is 4.18. The van der Waals surface area contributed by atoms with Crippen LogP contribution in [0.3, 0.4) is 0 Å². The van der Waals surface area contributed by atoms with E-state index in [2.05, 4.69) is 5.32 Å². The molecule has 0 heterocycles. The average Bonchev–Trinajstić information content (AvgIpc) is 2.78. The van der Waals surface area contributed by atoms with Gasteiger partial charge in [-0.05, 0) is 18.3 Å². The van der Waals surface area contributed by atoms with Gasteiger partial charge >= 0.3 is 6.18 Å². The quantitative estimate of drug-likeness (QED) is 0.549. The Morgan fingerprint density at radius 3 is 2.31 bits per heavy atom. The van der Waals surface area contributed by atoms with E-state index in [1.54, 1.807) is 0 Å². The summed E-state index contributed by atoms with van der Waals surface area (Å²) in [5.41, 5.74) is 0.104. The summed E-state index contributed by atoms with van der Waals surface area (Å²) in [6, 6.07) is 0. The van der Waals surface area contributed by atoms with Crippen LogP contribution < -0.4 is 5.32 Å². The molecule has 78 valence electrons. The van der Waals surface area contributed by atoms with E-state index in [4.69, 9.17) is 11.6 Å². The maximum atomic E-state index is 11.7. The molecule has 0 unspecified atom stereocenters. The highest BCUT2D eigenvalue weighted by atomic mass is 35.5. The van der Waals surface area contributed by atoms with Gasteiger partial charge in [0, 0.05) is 19.0 Å². The Kier molecular flexibility index (Phi) is 3.46. The van der Waals surface area contributed by atoms with E-state index in [-0.39, 0.29) is 12.0 Å². The maximum absolute atomic E-state index is 11.7. The van der Waals surface area contributed by atoms with Crippen LogP contribution in [0.15, 0.2) is 0 Å². The molecule has 0 aromatic rings. The molecule has 1 rings (SSSR count). The summed E-state index contributed by atoms with van der Waals surface area (Å²) in [5, 5.41) is 2.79. The molecule has 1 fully saturated rings. The van der Waals surface area contributed by atoms with Gasteiger partial charge in [0.1, 0.15) is 0 Å². The van der Waals surface area contributed by atoms with Crippen molar-refractivity contribution in [2.75, 3.05) is 19.0 Å². The number of rotatable bonds is 5. The smallest absolute Gasteiger partial charge is 0.316 e.